The van der Waals surface area contributed by atoms with Gasteiger partial charge in [0.05, 0.1) is 0 Å². The van der Waals surface area contributed by atoms with E-state index in [1.165, 1.54) is 0 Å². The Morgan fingerprint density at radius 1 is 1.07 bits per heavy atom. The molecule has 1 heterocycles. The lowest BCUT2D eigenvalue weighted by Crippen LogP contribution is -2.46. The van der Waals surface area contributed by atoms with Crippen LogP contribution in [-0.4, -0.2) is 37.8 Å². The Hall–Kier alpha value is -2.58. The van der Waals surface area contributed by atoms with Crippen LogP contribution in [-0.2, 0) is 11.3 Å². The van der Waals surface area contributed by atoms with Crippen LogP contribution < -0.4 is 16.6 Å². The second-order valence-electron chi connectivity index (χ2n) is 7.41. The van der Waals surface area contributed by atoms with Gasteiger partial charge in [-0.05, 0) is 25.2 Å². The molecule has 9 nitrogen and oxygen atoms in total. The van der Waals surface area contributed by atoms with Crippen molar-refractivity contribution in [2.24, 2.45) is 5.92 Å². The maximum absolute atomic E-state index is 12.9. The number of aromatic hydroxyl groups is 1. The summed E-state index contributed by atoms with van der Waals surface area (Å²) in [6.45, 7) is -0.489. The molecule has 1 amide bonds. The van der Waals surface area contributed by atoms with Crippen molar-refractivity contribution in [3.05, 3.63) is 26.4 Å². The number of nitrogens with zero attached hydrogens (tertiary/aromatic N) is 2. The van der Waals surface area contributed by atoms with Crippen LogP contribution in [0.5, 0.6) is 5.88 Å². The lowest BCUT2D eigenvalue weighted by Gasteiger charge is -2.26. The quantitative estimate of drug-likeness (QED) is 0.643. The third-order valence-electron chi connectivity index (χ3n) is 5.37. The summed E-state index contributed by atoms with van der Waals surface area (Å²) in [5, 5.41) is 21.4. The minimum Gasteiger partial charge on any atom is -0.494 e. The summed E-state index contributed by atoms with van der Waals surface area (Å²) in [7, 11) is 0. The normalized spacial score (nSPS) is 17.6. The van der Waals surface area contributed by atoms with Crippen molar-refractivity contribution in [3.63, 3.8) is 0 Å². The molecule has 2 aliphatic rings. The molecule has 0 aliphatic heterocycles. The van der Waals surface area contributed by atoms with E-state index < -0.39 is 41.1 Å². The molecule has 0 saturated heterocycles. The van der Waals surface area contributed by atoms with Crippen molar-refractivity contribution >= 4 is 11.9 Å². The molecular formula is C18H25N3O6. The van der Waals surface area contributed by atoms with E-state index in [2.05, 4.69) is 5.32 Å². The smallest absolute Gasteiger partial charge is 0.334 e. The van der Waals surface area contributed by atoms with E-state index in [9.17, 15) is 24.3 Å². The van der Waals surface area contributed by atoms with Gasteiger partial charge in [0.25, 0.3) is 11.5 Å². The van der Waals surface area contributed by atoms with Crippen molar-refractivity contribution in [3.8, 4) is 5.88 Å². The van der Waals surface area contributed by atoms with Gasteiger partial charge >= 0.3 is 11.7 Å². The molecule has 2 saturated carbocycles. The fourth-order valence-corrected chi connectivity index (χ4v) is 3.69. The number of amides is 1. The van der Waals surface area contributed by atoms with Crippen LogP contribution >= 0.6 is 0 Å². The zero-order valence-corrected chi connectivity index (χ0v) is 15.1. The number of nitrogens with one attached hydrogen (secondary N) is 1. The minimum absolute atomic E-state index is 0.189. The fourth-order valence-electron chi connectivity index (χ4n) is 3.69. The highest BCUT2D eigenvalue weighted by Gasteiger charge is 2.29. The summed E-state index contributed by atoms with van der Waals surface area (Å²) in [5.41, 5.74) is -2.02. The molecule has 1 aromatic rings. The number of carboxylic acids is 1. The molecule has 3 rings (SSSR count). The van der Waals surface area contributed by atoms with E-state index in [1.54, 1.807) is 0 Å². The van der Waals surface area contributed by atoms with E-state index in [1.807, 2.05) is 0 Å². The lowest BCUT2D eigenvalue weighted by molar-refractivity contribution is -0.135. The molecule has 0 spiro atoms. The van der Waals surface area contributed by atoms with Crippen molar-refractivity contribution in [1.29, 1.82) is 0 Å². The number of hydrogen-bond donors (Lipinski definition) is 3. The van der Waals surface area contributed by atoms with Crippen LogP contribution in [0.25, 0.3) is 0 Å². The number of carbonyl (C=O) groups excluding carboxylic acids is 1. The first-order valence-corrected chi connectivity index (χ1v) is 9.48. The first-order valence-electron chi connectivity index (χ1n) is 9.48. The minimum atomic E-state index is -1.27. The largest absolute Gasteiger partial charge is 0.494 e. The molecule has 1 aromatic heterocycles. The SMILES string of the molecule is O=C(O)CNC(=O)c1c(O)n(C2CCCCC2)c(=O)n(CCC2CC2)c1=O. The Balaban J connectivity index is 2.05. The molecule has 0 unspecified atom stereocenters. The second-order valence-corrected chi connectivity index (χ2v) is 7.41. The highest BCUT2D eigenvalue weighted by atomic mass is 16.4. The van der Waals surface area contributed by atoms with Gasteiger partial charge in [0.2, 0.25) is 5.88 Å². The van der Waals surface area contributed by atoms with Gasteiger partial charge in [-0.2, -0.15) is 0 Å². The lowest BCUT2D eigenvalue weighted by atomic mass is 9.95. The van der Waals surface area contributed by atoms with Crippen LogP contribution in [0, 0.1) is 5.92 Å². The summed E-state index contributed by atoms with van der Waals surface area (Å²) in [6.07, 6.45) is 7.01. The summed E-state index contributed by atoms with van der Waals surface area (Å²) < 4.78 is 2.17. The van der Waals surface area contributed by atoms with Crippen LogP contribution in [0.2, 0.25) is 0 Å². The van der Waals surface area contributed by atoms with Gasteiger partial charge < -0.3 is 15.5 Å². The van der Waals surface area contributed by atoms with Crippen molar-refractivity contribution in [1.82, 2.24) is 14.5 Å². The molecule has 0 radical (unpaired) electrons. The summed E-state index contributed by atoms with van der Waals surface area (Å²) >= 11 is 0. The van der Waals surface area contributed by atoms with Gasteiger partial charge in [0, 0.05) is 12.6 Å². The summed E-state index contributed by atoms with van der Waals surface area (Å²) in [6, 6.07) is -0.273. The zero-order chi connectivity index (χ0) is 19.6. The monoisotopic (exact) mass is 379 g/mol. The number of carboxylic acid groups (broad SMARTS) is 1. The Labute approximate surface area is 155 Å². The first kappa shape index (κ1) is 19.2. The molecule has 0 bridgehead atoms. The van der Waals surface area contributed by atoms with Gasteiger partial charge in [-0.15, -0.1) is 0 Å². The standard InChI is InChI=1S/C18H25N3O6/c22-13(23)10-19-15(24)14-16(25)20(9-8-11-6-7-11)18(27)21(17(14)26)12-4-2-1-3-5-12/h11-12,26H,1-10H2,(H,19,24)(H,22,23). The molecule has 148 valence electrons. The number of aliphatic carboxylic acids is 1. The predicted octanol–water partition coefficient (Wildman–Crippen LogP) is 0.835. The van der Waals surface area contributed by atoms with Gasteiger partial charge in [-0.25, -0.2) is 4.79 Å². The van der Waals surface area contributed by atoms with Crippen molar-refractivity contribution < 1.29 is 19.8 Å². The second kappa shape index (κ2) is 7.98. The Morgan fingerprint density at radius 3 is 2.33 bits per heavy atom. The van der Waals surface area contributed by atoms with Gasteiger partial charge in [0.15, 0.2) is 5.56 Å². The van der Waals surface area contributed by atoms with Gasteiger partial charge in [-0.3, -0.25) is 23.5 Å². The van der Waals surface area contributed by atoms with E-state index in [0.29, 0.717) is 25.2 Å². The third kappa shape index (κ3) is 4.23. The molecule has 27 heavy (non-hydrogen) atoms. The number of aromatic nitrogens is 2. The molecule has 0 aromatic carbocycles. The number of carbonyl (C=O) groups is 2. The zero-order valence-electron chi connectivity index (χ0n) is 15.1. The maximum Gasteiger partial charge on any atom is 0.334 e. The molecular weight excluding hydrogens is 354 g/mol. The molecule has 3 N–H and O–H groups in total. The van der Waals surface area contributed by atoms with Crippen LogP contribution in [0.1, 0.15) is 67.8 Å². The van der Waals surface area contributed by atoms with Crippen LogP contribution in [0.4, 0.5) is 0 Å². The fraction of sp³-hybridized carbons (Fsp3) is 0.667. The van der Waals surface area contributed by atoms with Crippen molar-refractivity contribution in [2.75, 3.05) is 6.54 Å². The Kier molecular flexibility index (Phi) is 5.67. The first-order chi connectivity index (χ1) is 12.9. The average Bonchev–Trinajstić information content (AvgIpc) is 3.45. The number of hydrogen-bond acceptors (Lipinski definition) is 5. The van der Waals surface area contributed by atoms with E-state index >= 15 is 0 Å². The van der Waals surface area contributed by atoms with Gasteiger partial charge in [0.1, 0.15) is 6.54 Å². The van der Waals surface area contributed by atoms with E-state index in [0.717, 1.165) is 41.2 Å². The average molecular weight is 379 g/mol. The highest BCUT2D eigenvalue weighted by Crippen LogP contribution is 2.33. The van der Waals surface area contributed by atoms with E-state index in [-0.39, 0.29) is 12.6 Å². The van der Waals surface area contributed by atoms with Crippen LogP contribution in [0.3, 0.4) is 0 Å². The molecule has 0 atom stereocenters. The summed E-state index contributed by atoms with van der Waals surface area (Å²) in [5.74, 6) is -2.43. The summed E-state index contributed by atoms with van der Waals surface area (Å²) in [4.78, 5) is 48.8. The molecule has 9 heteroatoms. The Morgan fingerprint density at radius 2 is 1.74 bits per heavy atom. The molecule has 2 fully saturated rings. The van der Waals surface area contributed by atoms with Crippen molar-refractivity contribution in [2.45, 2.75) is 64.0 Å². The molecule has 2 aliphatic carbocycles. The maximum atomic E-state index is 12.9. The highest BCUT2D eigenvalue weighted by molar-refractivity contribution is 5.97. The predicted molar refractivity (Wildman–Crippen MR) is 96.1 cm³/mol. The van der Waals surface area contributed by atoms with E-state index in [4.69, 9.17) is 5.11 Å². The number of rotatable bonds is 7. The Bertz CT molecular complexity index is 846. The van der Waals surface area contributed by atoms with Gasteiger partial charge in [-0.1, -0.05) is 32.1 Å². The third-order valence-corrected chi connectivity index (χ3v) is 5.37. The van der Waals surface area contributed by atoms with Crippen LogP contribution in [0.15, 0.2) is 9.59 Å². The topological polar surface area (TPSA) is 131 Å².